The number of hydrogen-bond donors (Lipinski definition) is 2. The van der Waals surface area contributed by atoms with Gasteiger partial charge in [0.15, 0.2) is 5.82 Å². The van der Waals surface area contributed by atoms with Gasteiger partial charge in [0.05, 0.1) is 5.52 Å². The van der Waals surface area contributed by atoms with Crippen LogP contribution in [-0.4, -0.2) is 23.1 Å². The molecule has 3 rings (SSSR count). The Morgan fingerprint density at radius 1 is 1.29 bits per heavy atom. The highest BCUT2D eigenvalue weighted by molar-refractivity contribution is 5.75. The summed E-state index contributed by atoms with van der Waals surface area (Å²) in [5, 5.41) is 3.35. The molecular weight excluding hydrogens is 217 g/mol. The van der Waals surface area contributed by atoms with Crippen molar-refractivity contribution < 1.29 is 4.39 Å². The van der Waals surface area contributed by atoms with E-state index in [0.29, 0.717) is 11.4 Å². The summed E-state index contributed by atoms with van der Waals surface area (Å²) in [6.45, 7) is 2.17. The molecule has 0 aliphatic carbocycles. The summed E-state index contributed by atoms with van der Waals surface area (Å²) < 4.78 is 13.5. The van der Waals surface area contributed by atoms with Gasteiger partial charge < -0.3 is 10.3 Å². The van der Waals surface area contributed by atoms with Crippen molar-refractivity contribution in [1.82, 2.24) is 15.3 Å². The standard InChI is InChI=1S/C13H16FN3/c14-10-2-1-3-11-13(10)17-12(16-11)8-9-4-6-15-7-5-9/h1-3,9,15H,4-8H2,(H,16,17). The predicted molar refractivity (Wildman–Crippen MR) is 65.3 cm³/mol. The van der Waals surface area contributed by atoms with E-state index in [1.54, 1.807) is 6.07 Å². The van der Waals surface area contributed by atoms with Crippen LogP contribution in [0.4, 0.5) is 4.39 Å². The van der Waals surface area contributed by atoms with Crippen LogP contribution in [0.3, 0.4) is 0 Å². The Bertz CT molecular complexity index is 514. The average Bonchev–Trinajstić information content (AvgIpc) is 2.74. The maximum absolute atomic E-state index is 13.5. The Morgan fingerprint density at radius 3 is 2.88 bits per heavy atom. The Morgan fingerprint density at radius 2 is 2.12 bits per heavy atom. The van der Waals surface area contributed by atoms with Crippen molar-refractivity contribution in [2.75, 3.05) is 13.1 Å². The zero-order valence-corrected chi connectivity index (χ0v) is 9.67. The van der Waals surface area contributed by atoms with E-state index in [-0.39, 0.29) is 5.82 Å². The van der Waals surface area contributed by atoms with Crippen molar-refractivity contribution in [3.63, 3.8) is 0 Å². The molecule has 1 aromatic heterocycles. The van der Waals surface area contributed by atoms with E-state index in [2.05, 4.69) is 15.3 Å². The van der Waals surface area contributed by atoms with Crippen LogP contribution in [0.15, 0.2) is 18.2 Å². The molecule has 1 aliphatic rings. The van der Waals surface area contributed by atoms with Gasteiger partial charge in [-0.1, -0.05) is 6.07 Å². The lowest BCUT2D eigenvalue weighted by molar-refractivity contribution is 0.368. The zero-order chi connectivity index (χ0) is 11.7. The lowest BCUT2D eigenvalue weighted by Gasteiger charge is -2.21. The van der Waals surface area contributed by atoms with Crippen LogP contribution in [-0.2, 0) is 6.42 Å². The van der Waals surface area contributed by atoms with Gasteiger partial charge in [-0.15, -0.1) is 0 Å². The second-order valence-electron chi connectivity index (χ2n) is 4.72. The van der Waals surface area contributed by atoms with Gasteiger partial charge in [-0.2, -0.15) is 0 Å². The number of rotatable bonds is 2. The zero-order valence-electron chi connectivity index (χ0n) is 9.67. The van der Waals surface area contributed by atoms with Crippen molar-refractivity contribution in [2.24, 2.45) is 5.92 Å². The summed E-state index contributed by atoms with van der Waals surface area (Å²) in [5.74, 6) is 1.34. The second-order valence-corrected chi connectivity index (χ2v) is 4.72. The number of H-pyrrole nitrogens is 1. The Kier molecular flexibility index (Phi) is 2.81. The molecule has 17 heavy (non-hydrogen) atoms. The Labute approximate surface area is 99.4 Å². The lowest BCUT2D eigenvalue weighted by Crippen LogP contribution is -2.28. The SMILES string of the molecule is Fc1cccc2[nH]c(CC3CCNCC3)nc12. The molecule has 3 nitrogen and oxygen atoms in total. The molecule has 0 bridgehead atoms. The number of hydrogen-bond acceptors (Lipinski definition) is 2. The fourth-order valence-electron chi connectivity index (χ4n) is 2.50. The molecule has 2 N–H and O–H groups in total. The van der Waals surface area contributed by atoms with Gasteiger partial charge in [0.1, 0.15) is 11.3 Å². The van der Waals surface area contributed by atoms with Crippen LogP contribution in [0, 0.1) is 11.7 Å². The highest BCUT2D eigenvalue weighted by Gasteiger charge is 2.16. The molecule has 1 aliphatic heterocycles. The fourth-order valence-corrected chi connectivity index (χ4v) is 2.50. The molecule has 90 valence electrons. The van der Waals surface area contributed by atoms with Crippen LogP contribution in [0.2, 0.25) is 0 Å². The summed E-state index contributed by atoms with van der Waals surface area (Å²) in [4.78, 5) is 7.57. The summed E-state index contributed by atoms with van der Waals surface area (Å²) >= 11 is 0. The molecule has 2 heterocycles. The van der Waals surface area contributed by atoms with Crippen LogP contribution in [0.1, 0.15) is 18.7 Å². The number of aromatic nitrogens is 2. The minimum absolute atomic E-state index is 0.240. The van der Waals surface area contributed by atoms with Gasteiger partial charge in [0.25, 0.3) is 0 Å². The van der Waals surface area contributed by atoms with Gasteiger partial charge >= 0.3 is 0 Å². The molecule has 0 amide bonds. The number of imidazole rings is 1. The fraction of sp³-hybridized carbons (Fsp3) is 0.462. The predicted octanol–water partition coefficient (Wildman–Crippen LogP) is 2.24. The highest BCUT2D eigenvalue weighted by atomic mass is 19.1. The maximum atomic E-state index is 13.5. The largest absolute Gasteiger partial charge is 0.342 e. The van der Waals surface area contributed by atoms with Gasteiger partial charge in [0, 0.05) is 6.42 Å². The third-order valence-electron chi connectivity index (χ3n) is 3.45. The normalized spacial score (nSPS) is 17.7. The van der Waals surface area contributed by atoms with E-state index >= 15 is 0 Å². The first-order valence-electron chi connectivity index (χ1n) is 6.17. The van der Waals surface area contributed by atoms with Crippen molar-refractivity contribution in [3.8, 4) is 0 Å². The quantitative estimate of drug-likeness (QED) is 0.835. The number of aromatic amines is 1. The van der Waals surface area contributed by atoms with Gasteiger partial charge in [0.2, 0.25) is 0 Å². The summed E-state index contributed by atoms with van der Waals surface area (Å²) in [6, 6.07) is 5.04. The van der Waals surface area contributed by atoms with Crippen molar-refractivity contribution >= 4 is 11.0 Å². The number of para-hydroxylation sites is 1. The number of fused-ring (bicyclic) bond motifs is 1. The molecule has 0 atom stereocenters. The van der Waals surface area contributed by atoms with E-state index in [4.69, 9.17) is 0 Å². The lowest BCUT2D eigenvalue weighted by atomic mass is 9.94. The monoisotopic (exact) mass is 233 g/mol. The van der Waals surface area contributed by atoms with E-state index in [9.17, 15) is 4.39 Å². The topological polar surface area (TPSA) is 40.7 Å². The second kappa shape index (κ2) is 4.45. The number of benzene rings is 1. The molecule has 0 unspecified atom stereocenters. The number of halogens is 1. The van der Waals surface area contributed by atoms with Crippen molar-refractivity contribution in [3.05, 3.63) is 29.8 Å². The smallest absolute Gasteiger partial charge is 0.151 e. The third kappa shape index (κ3) is 2.17. The van der Waals surface area contributed by atoms with E-state index in [0.717, 1.165) is 30.9 Å². The minimum Gasteiger partial charge on any atom is -0.342 e. The molecule has 0 saturated carbocycles. The molecule has 1 aromatic carbocycles. The molecule has 0 spiro atoms. The Balaban J connectivity index is 1.83. The van der Waals surface area contributed by atoms with E-state index < -0.39 is 0 Å². The van der Waals surface area contributed by atoms with E-state index in [1.807, 2.05) is 6.07 Å². The number of nitrogens with zero attached hydrogens (tertiary/aromatic N) is 1. The first kappa shape index (κ1) is 10.7. The highest BCUT2D eigenvalue weighted by Crippen LogP contribution is 2.20. The van der Waals surface area contributed by atoms with Gasteiger partial charge in [-0.05, 0) is 44.0 Å². The first-order valence-corrected chi connectivity index (χ1v) is 6.17. The average molecular weight is 233 g/mol. The van der Waals surface area contributed by atoms with E-state index in [1.165, 1.54) is 18.9 Å². The maximum Gasteiger partial charge on any atom is 0.151 e. The number of piperidine rings is 1. The van der Waals surface area contributed by atoms with Gasteiger partial charge in [-0.3, -0.25) is 0 Å². The molecule has 4 heteroatoms. The molecule has 2 aromatic rings. The number of nitrogens with one attached hydrogen (secondary N) is 2. The third-order valence-corrected chi connectivity index (χ3v) is 3.45. The minimum atomic E-state index is -0.240. The van der Waals surface area contributed by atoms with Crippen molar-refractivity contribution in [2.45, 2.75) is 19.3 Å². The van der Waals surface area contributed by atoms with Crippen molar-refractivity contribution in [1.29, 1.82) is 0 Å². The van der Waals surface area contributed by atoms with Crippen LogP contribution in [0.5, 0.6) is 0 Å². The van der Waals surface area contributed by atoms with Crippen LogP contribution in [0.25, 0.3) is 11.0 Å². The molecule has 1 saturated heterocycles. The van der Waals surface area contributed by atoms with Gasteiger partial charge in [-0.25, -0.2) is 9.37 Å². The Hall–Kier alpha value is -1.42. The van der Waals surface area contributed by atoms with Crippen LogP contribution >= 0.6 is 0 Å². The summed E-state index contributed by atoms with van der Waals surface area (Å²) in [7, 11) is 0. The molecule has 1 fully saturated rings. The molecule has 0 radical (unpaired) electrons. The summed E-state index contributed by atoms with van der Waals surface area (Å²) in [6.07, 6.45) is 3.29. The van der Waals surface area contributed by atoms with Crippen LogP contribution < -0.4 is 5.32 Å². The molecular formula is C13H16FN3. The summed E-state index contributed by atoms with van der Waals surface area (Å²) in [5.41, 5.74) is 1.27. The first-order chi connectivity index (χ1) is 8.33.